The van der Waals surface area contributed by atoms with Crippen LogP contribution < -0.4 is 4.74 Å². The summed E-state index contributed by atoms with van der Waals surface area (Å²) in [4.78, 5) is 0. The van der Waals surface area contributed by atoms with Gasteiger partial charge < -0.3 is 4.74 Å². The van der Waals surface area contributed by atoms with E-state index in [1.807, 2.05) is 0 Å². The van der Waals surface area contributed by atoms with E-state index in [4.69, 9.17) is 0 Å². The van der Waals surface area contributed by atoms with Crippen molar-refractivity contribution in [1.29, 1.82) is 0 Å². The Bertz CT molecular complexity index is 1710. The van der Waals surface area contributed by atoms with Crippen LogP contribution in [0.2, 0.25) is 0 Å². The topological polar surface area (TPSA) is 9.23 Å². The molecule has 1 nitrogen and oxygen atoms in total. The number of hydrogen-bond acceptors (Lipinski definition) is 1. The molecular weight excluding hydrogens is 602 g/mol. The maximum absolute atomic E-state index is 15.1. The lowest BCUT2D eigenvalue weighted by molar-refractivity contribution is -0.276. The van der Waals surface area contributed by atoms with Gasteiger partial charge >= 0.3 is 6.36 Å². The molecule has 0 unspecified atom stereocenters. The van der Waals surface area contributed by atoms with Crippen LogP contribution in [0.15, 0.2) is 85.2 Å². The van der Waals surface area contributed by atoms with E-state index in [-0.39, 0.29) is 40.7 Å². The minimum Gasteiger partial charge on any atom is -0.399 e. The molecule has 44 heavy (non-hydrogen) atoms. The summed E-state index contributed by atoms with van der Waals surface area (Å²) in [5, 5.41) is 0. The fourth-order valence-corrected chi connectivity index (χ4v) is 4.21. The Labute approximate surface area is 245 Å². The van der Waals surface area contributed by atoms with Gasteiger partial charge in [0.25, 0.3) is 0 Å². The van der Waals surface area contributed by atoms with E-state index >= 15 is 8.78 Å². The molecule has 0 spiro atoms. The summed E-state index contributed by atoms with van der Waals surface area (Å²) >= 11 is 0. The van der Waals surface area contributed by atoms with Gasteiger partial charge in [0, 0.05) is 17.5 Å². The van der Waals surface area contributed by atoms with Crippen molar-refractivity contribution in [2.24, 2.45) is 0 Å². The Hall–Kier alpha value is -4.80. The van der Waals surface area contributed by atoms with Crippen molar-refractivity contribution in [3.05, 3.63) is 131 Å². The molecule has 0 fully saturated rings. The molecular formula is C33H20F10O. The summed E-state index contributed by atoms with van der Waals surface area (Å²) in [5.41, 5.74) is -0.819. The Morgan fingerprint density at radius 1 is 0.682 bits per heavy atom. The molecule has 0 saturated heterocycles. The molecule has 0 N–H and O–H groups in total. The second-order valence-corrected chi connectivity index (χ2v) is 9.37. The molecule has 0 radical (unpaired) electrons. The lowest BCUT2D eigenvalue weighted by Crippen LogP contribution is -2.19. The van der Waals surface area contributed by atoms with Crippen LogP contribution in [0.5, 0.6) is 5.75 Å². The van der Waals surface area contributed by atoms with Gasteiger partial charge in [-0.25, -0.2) is 30.7 Å². The highest BCUT2D eigenvalue weighted by atomic mass is 19.4. The quantitative estimate of drug-likeness (QED) is 0.103. The number of ether oxygens (including phenoxy) is 1. The standard InChI is InChI=1S/C33H20F10O/c1-2-3-4-24(34)31(40)21-10-7-19(8-11-21)23-16-26(36)30(27(37)17-23)22-12-9-20(25(35)15-22)6-5-18-13-28(38)32(29(39)14-18)44-33(41,42)43/h2,5-17H,1,3-4H2. The molecule has 0 saturated carbocycles. The maximum Gasteiger partial charge on any atom is 0.573 e. The van der Waals surface area contributed by atoms with Gasteiger partial charge in [0.05, 0.1) is 5.56 Å². The molecule has 4 aromatic rings. The SMILES string of the molecule is C=CCCC(F)=C(F)c1ccc(-c2cc(F)c(-c3ccc(C=Cc4cc(F)c(OC(F)(F)F)c(F)c4)c(F)c3)c(F)c2)cc1. The third-order valence-corrected chi connectivity index (χ3v) is 6.30. The zero-order valence-corrected chi connectivity index (χ0v) is 22.4. The van der Waals surface area contributed by atoms with Crippen LogP contribution >= 0.6 is 0 Å². The molecule has 0 aliphatic carbocycles. The van der Waals surface area contributed by atoms with Crippen LogP contribution in [0, 0.1) is 29.1 Å². The first-order chi connectivity index (χ1) is 20.8. The number of halogens is 10. The van der Waals surface area contributed by atoms with Gasteiger partial charge in [-0.1, -0.05) is 54.6 Å². The molecule has 0 amide bonds. The largest absolute Gasteiger partial charge is 0.573 e. The monoisotopic (exact) mass is 622 g/mol. The van der Waals surface area contributed by atoms with Crippen molar-refractivity contribution < 1.29 is 48.6 Å². The number of alkyl halides is 3. The van der Waals surface area contributed by atoms with Gasteiger partial charge in [-0.05, 0) is 59.0 Å². The fraction of sp³-hybridized carbons (Fsp3) is 0.0909. The van der Waals surface area contributed by atoms with Crippen LogP contribution in [-0.2, 0) is 0 Å². The van der Waals surface area contributed by atoms with Crippen molar-refractivity contribution in [2.75, 3.05) is 0 Å². The Morgan fingerprint density at radius 3 is 1.80 bits per heavy atom. The first-order valence-corrected chi connectivity index (χ1v) is 12.7. The minimum absolute atomic E-state index is 0.0553. The van der Waals surface area contributed by atoms with E-state index in [0.29, 0.717) is 17.7 Å². The van der Waals surface area contributed by atoms with Crippen molar-refractivity contribution >= 4 is 18.0 Å². The summed E-state index contributed by atoms with van der Waals surface area (Å²) in [6.07, 6.45) is -1.72. The predicted octanol–water partition coefficient (Wildman–Crippen LogP) is 11.4. The Kier molecular flexibility index (Phi) is 9.66. The van der Waals surface area contributed by atoms with Crippen molar-refractivity contribution in [3.63, 3.8) is 0 Å². The molecule has 228 valence electrons. The van der Waals surface area contributed by atoms with Gasteiger partial charge in [0.15, 0.2) is 17.5 Å². The summed E-state index contributed by atoms with van der Waals surface area (Å²) in [7, 11) is 0. The van der Waals surface area contributed by atoms with Crippen LogP contribution in [0.25, 0.3) is 40.2 Å². The van der Waals surface area contributed by atoms with E-state index in [9.17, 15) is 35.1 Å². The molecule has 4 rings (SSSR count). The minimum atomic E-state index is -5.32. The van der Waals surface area contributed by atoms with Crippen molar-refractivity contribution in [1.82, 2.24) is 0 Å². The van der Waals surface area contributed by atoms with Gasteiger partial charge in [0.2, 0.25) is 5.75 Å². The normalized spacial score (nSPS) is 12.4. The van der Waals surface area contributed by atoms with E-state index < -0.39 is 58.4 Å². The van der Waals surface area contributed by atoms with E-state index in [0.717, 1.165) is 36.4 Å². The maximum atomic E-state index is 15.1. The molecule has 0 bridgehead atoms. The molecule has 0 aliphatic rings. The molecule has 11 heteroatoms. The van der Waals surface area contributed by atoms with Crippen LogP contribution in [0.4, 0.5) is 43.9 Å². The summed E-state index contributed by atoms with van der Waals surface area (Å²) < 4.78 is 141. The summed E-state index contributed by atoms with van der Waals surface area (Å²) in [5.74, 6) is -9.98. The first kappa shape index (κ1) is 32.1. The predicted molar refractivity (Wildman–Crippen MR) is 148 cm³/mol. The van der Waals surface area contributed by atoms with Crippen LogP contribution in [0.3, 0.4) is 0 Å². The zero-order chi connectivity index (χ0) is 32.2. The average molecular weight is 623 g/mol. The van der Waals surface area contributed by atoms with Gasteiger partial charge in [0.1, 0.15) is 23.3 Å². The fourth-order valence-electron chi connectivity index (χ4n) is 4.21. The van der Waals surface area contributed by atoms with Crippen molar-refractivity contribution in [2.45, 2.75) is 19.2 Å². The van der Waals surface area contributed by atoms with Crippen LogP contribution in [0.1, 0.15) is 29.5 Å². The molecule has 0 aliphatic heterocycles. The first-order valence-electron chi connectivity index (χ1n) is 12.7. The lowest BCUT2D eigenvalue weighted by Gasteiger charge is -2.11. The van der Waals surface area contributed by atoms with Gasteiger partial charge in [-0.2, -0.15) is 0 Å². The highest BCUT2D eigenvalue weighted by Crippen LogP contribution is 2.34. The van der Waals surface area contributed by atoms with Crippen molar-refractivity contribution in [3.8, 4) is 28.0 Å². The number of hydrogen-bond donors (Lipinski definition) is 0. The highest BCUT2D eigenvalue weighted by molar-refractivity contribution is 5.76. The molecule has 0 atom stereocenters. The second kappa shape index (κ2) is 13.2. The van der Waals surface area contributed by atoms with Crippen LogP contribution in [-0.4, -0.2) is 6.36 Å². The zero-order valence-electron chi connectivity index (χ0n) is 22.4. The lowest BCUT2D eigenvalue weighted by atomic mass is 9.97. The number of rotatable bonds is 9. The van der Waals surface area contributed by atoms with E-state index in [2.05, 4.69) is 11.3 Å². The molecule has 0 aromatic heterocycles. The third kappa shape index (κ3) is 7.58. The summed E-state index contributed by atoms with van der Waals surface area (Å²) in [6, 6.07) is 11.5. The third-order valence-electron chi connectivity index (χ3n) is 6.30. The van der Waals surface area contributed by atoms with E-state index in [1.165, 1.54) is 36.4 Å². The molecule has 0 heterocycles. The highest BCUT2D eigenvalue weighted by Gasteiger charge is 2.34. The molecule has 4 aromatic carbocycles. The van der Waals surface area contributed by atoms with Gasteiger partial charge in [-0.3, -0.25) is 0 Å². The van der Waals surface area contributed by atoms with E-state index in [1.54, 1.807) is 0 Å². The second-order valence-electron chi connectivity index (χ2n) is 9.37. The number of benzene rings is 4. The Morgan fingerprint density at radius 2 is 1.25 bits per heavy atom. The average Bonchev–Trinajstić information content (AvgIpc) is 2.96. The Balaban J connectivity index is 1.56. The summed E-state index contributed by atoms with van der Waals surface area (Å²) in [6.45, 7) is 3.45. The van der Waals surface area contributed by atoms with Gasteiger partial charge in [-0.15, -0.1) is 19.8 Å². The smallest absolute Gasteiger partial charge is 0.399 e. The number of allylic oxidation sites excluding steroid dienone is 2.